The molecule has 1 aliphatic heterocycles. The summed E-state index contributed by atoms with van der Waals surface area (Å²) in [6.07, 6.45) is 5.55. The number of hydrogen-bond acceptors (Lipinski definition) is 4. The average molecular weight is 199 g/mol. The number of ether oxygens (including phenoxy) is 2. The molecule has 1 saturated carbocycles. The molecule has 0 unspecified atom stereocenters. The van der Waals surface area contributed by atoms with Gasteiger partial charge in [-0.25, -0.2) is 0 Å². The Hall–Kier alpha value is -0.610. The Morgan fingerprint density at radius 1 is 1.07 bits per heavy atom. The van der Waals surface area contributed by atoms with Crippen molar-refractivity contribution in [1.82, 2.24) is 0 Å². The molecule has 2 fully saturated rings. The van der Waals surface area contributed by atoms with Crippen molar-refractivity contribution in [2.45, 2.75) is 44.3 Å². The van der Waals surface area contributed by atoms with Gasteiger partial charge >= 0.3 is 0 Å². The van der Waals surface area contributed by atoms with Crippen molar-refractivity contribution in [2.24, 2.45) is 5.16 Å². The number of hydrogen-bond donors (Lipinski definition) is 1. The maximum Gasteiger partial charge on any atom is 0.168 e. The van der Waals surface area contributed by atoms with Crippen molar-refractivity contribution in [3.63, 3.8) is 0 Å². The summed E-state index contributed by atoms with van der Waals surface area (Å²) < 4.78 is 11.3. The van der Waals surface area contributed by atoms with Crippen LogP contribution in [0.2, 0.25) is 0 Å². The number of oxime groups is 1. The van der Waals surface area contributed by atoms with Crippen molar-refractivity contribution in [3.05, 3.63) is 0 Å². The Morgan fingerprint density at radius 3 is 2.14 bits per heavy atom. The molecule has 0 amide bonds. The summed E-state index contributed by atoms with van der Waals surface area (Å²) in [7, 11) is 0. The fourth-order valence-corrected chi connectivity index (χ4v) is 2.26. The van der Waals surface area contributed by atoms with Crippen LogP contribution >= 0.6 is 0 Å². The minimum Gasteiger partial charge on any atom is -0.411 e. The lowest BCUT2D eigenvalue weighted by Crippen LogP contribution is -2.31. The second-order valence-corrected chi connectivity index (χ2v) is 3.98. The molecule has 2 aliphatic rings. The predicted octanol–water partition coefficient (Wildman–Crippen LogP) is 1.91. The third-order valence-corrected chi connectivity index (χ3v) is 3.00. The molecular weight excluding hydrogens is 182 g/mol. The van der Waals surface area contributed by atoms with Crippen LogP contribution in [0.3, 0.4) is 0 Å². The zero-order valence-corrected chi connectivity index (χ0v) is 8.37. The van der Waals surface area contributed by atoms with Crippen molar-refractivity contribution in [3.8, 4) is 0 Å². The average Bonchev–Trinajstić information content (AvgIpc) is 2.61. The predicted molar refractivity (Wildman–Crippen MR) is 51.6 cm³/mol. The third kappa shape index (κ3) is 2.07. The molecule has 1 N–H and O–H groups in total. The lowest BCUT2D eigenvalue weighted by molar-refractivity contribution is -0.168. The lowest BCUT2D eigenvalue weighted by Gasteiger charge is -2.29. The molecule has 4 heteroatoms. The second-order valence-electron chi connectivity index (χ2n) is 3.98. The van der Waals surface area contributed by atoms with Gasteiger partial charge in [0.15, 0.2) is 5.79 Å². The van der Waals surface area contributed by atoms with Crippen LogP contribution in [-0.4, -0.2) is 29.9 Å². The first-order valence-electron chi connectivity index (χ1n) is 5.32. The van der Waals surface area contributed by atoms with Gasteiger partial charge in [-0.05, 0) is 25.7 Å². The molecule has 0 aromatic heterocycles. The van der Waals surface area contributed by atoms with Crippen molar-refractivity contribution in [1.29, 1.82) is 0 Å². The fourth-order valence-electron chi connectivity index (χ4n) is 2.26. The second kappa shape index (κ2) is 4.28. The molecule has 80 valence electrons. The molecular formula is C10H17NO3. The van der Waals surface area contributed by atoms with Gasteiger partial charge in [0.05, 0.1) is 18.9 Å². The highest BCUT2D eigenvalue weighted by atomic mass is 16.7. The van der Waals surface area contributed by atoms with Crippen molar-refractivity contribution < 1.29 is 14.7 Å². The van der Waals surface area contributed by atoms with Gasteiger partial charge in [-0.1, -0.05) is 5.16 Å². The van der Waals surface area contributed by atoms with Crippen molar-refractivity contribution >= 4 is 5.71 Å². The van der Waals surface area contributed by atoms with Crippen LogP contribution in [0.1, 0.15) is 38.5 Å². The molecule has 1 aliphatic carbocycles. The molecule has 4 nitrogen and oxygen atoms in total. The Bertz CT molecular complexity index is 207. The summed E-state index contributed by atoms with van der Waals surface area (Å²) in [5, 5.41) is 12.0. The van der Waals surface area contributed by atoms with Gasteiger partial charge in [-0.3, -0.25) is 0 Å². The molecule has 14 heavy (non-hydrogen) atoms. The molecule has 1 spiro atoms. The maximum atomic E-state index is 8.69. The molecule has 0 aromatic carbocycles. The van der Waals surface area contributed by atoms with E-state index in [-0.39, 0.29) is 5.79 Å². The molecule has 0 aromatic rings. The van der Waals surface area contributed by atoms with Crippen LogP contribution < -0.4 is 0 Å². The van der Waals surface area contributed by atoms with E-state index in [0.717, 1.165) is 57.5 Å². The van der Waals surface area contributed by atoms with E-state index in [2.05, 4.69) is 5.16 Å². The fraction of sp³-hybridized carbons (Fsp3) is 0.900. The highest BCUT2D eigenvalue weighted by Gasteiger charge is 2.36. The van der Waals surface area contributed by atoms with E-state index in [1.807, 2.05) is 0 Å². The van der Waals surface area contributed by atoms with Crippen LogP contribution in [0.4, 0.5) is 0 Å². The Kier molecular flexibility index (Phi) is 3.03. The normalized spacial score (nSPS) is 27.3. The Morgan fingerprint density at radius 2 is 1.64 bits per heavy atom. The summed E-state index contributed by atoms with van der Waals surface area (Å²) in [5.74, 6) is -0.305. The van der Waals surface area contributed by atoms with Gasteiger partial charge in [0.25, 0.3) is 0 Å². The van der Waals surface area contributed by atoms with E-state index in [1.54, 1.807) is 0 Å². The molecule has 1 saturated heterocycles. The SMILES string of the molecule is ON=C1CCCC2(CCC1)OCCO2. The zero-order chi connectivity index (χ0) is 9.86. The van der Waals surface area contributed by atoms with Crippen LogP contribution in [-0.2, 0) is 9.47 Å². The largest absolute Gasteiger partial charge is 0.411 e. The third-order valence-electron chi connectivity index (χ3n) is 3.00. The summed E-state index contributed by atoms with van der Waals surface area (Å²) >= 11 is 0. The summed E-state index contributed by atoms with van der Waals surface area (Å²) in [6, 6.07) is 0. The van der Waals surface area contributed by atoms with Crippen LogP contribution in [0.15, 0.2) is 5.16 Å². The number of rotatable bonds is 0. The summed E-state index contributed by atoms with van der Waals surface area (Å²) in [6.45, 7) is 1.45. The molecule has 2 rings (SSSR count). The smallest absolute Gasteiger partial charge is 0.168 e. The van der Waals surface area contributed by atoms with E-state index < -0.39 is 0 Å². The van der Waals surface area contributed by atoms with E-state index >= 15 is 0 Å². The highest BCUT2D eigenvalue weighted by molar-refractivity contribution is 5.83. The zero-order valence-electron chi connectivity index (χ0n) is 8.37. The van der Waals surface area contributed by atoms with Gasteiger partial charge in [-0.15, -0.1) is 0 Å². The monoisotopic (exact) mass is 199 g/mol. The van der Waals surface area contributed by atoms with E-state index in [1.165, 1.54) is 0 Å². The molecule has 0 atom stereocenters. The minimum absolute atomic E-state index is 0.305. The molecule has 0 radical (unpaired) electrons. The highest BCUT2D eigenvalue weighted by Crippen LogP contribution is 2.33. The molecule has 0 bridgehead atoms. The minimum atomic E-state index is -0.305. The van der Waals surface area contributed by atoms with Gasteiger partial charge in [0.2, 0.25) is 0 Å². The van der Waals surface area contributed by atoms with Crippen LogP contribution in [0.5, 0.6) is 0 Å². The quantitative estimate of drug-likeness (QED) is 0.479. The lowest BCUT2D eigenvalue weighted by atomic mass is 9.94. The van der Waals surface area contributed by atoms with E-state index in [0.29, 0.717) is 0 Å². The maximum absolute atomic E-state index is 8.69. The first-order valence-corrected chi connectivity index (χ1v) is 5.32. The van der Waals surface area contributed by atoms with Gasteiger partial charge in [-0.2, -0.15) is 0 Å². The van der Waals surface area contributed by atoms with Gasteiger partial charge in [0.1, 0.15) is 0 Å². The summed E-state index contributed by atoms with van der Waals surface area (Å²) in [5.41, 5.74) is 0.915. The standard InChI is InChI=1S/C10H17NO3/c12-11-9-3-1-5-10(6-2-4-9)13-7-8-14-10/h12H,1-8H2. The Labute approximate surface area is 83.9 Å². The van der Waals surface area contributed by atoms with Gasteiger partial charge < -0.3 is 14.7 Å². The van der Waals surface area contributed by atoms with Crippen LogP contribution in [0.25, 0.3) is 0 Å². The van der Waals surface area contributed by atoms with Crippen LogP contribution in [0, 0.1) is 0 Å². The first-order chi connectivity index (χ1) is 6.85. The Balaban J connectivity index is 1.93. The number of nitrogens with zero attached hydrogens (tertiary/aromatic N) is 1. The first kappa shape index (κ1) is 9.93. The molecule has 1 heterocycles. The summed E-state index contributed by atoms with van der Waals surface area (Å²) in [4.78, 5) is 0. The van der Waals surface area contributed by atoms with E-state index in [4.69, 9.17) is 14.7 Å². The topological polar surface area (TPSA) is 51.1 Å². The van der Waals surface area contributed by atoms with E-state index in [9.17, 15) is 0 Å². The van der Waals surface area contributed by atoms with Crippen molar-refractivity contribution in [2.75, 3.05) is 13.2 Å². The van der Waals surface area contributed by atoms with Gasteiger partial charge in [0, 0.05) is 12.8 Å².